The summed E-state index contributed by atoms with van der Waals surface area (Å²) in [5.74, 6) is 0.815. The molecule has 0 radical (unpaired) electrons. The lowest BCUT2D eigenvalue weighted by Gasteiger charge is -2.11. The number of rotatable bonds is 7. The van der Waals surface area contributed by atoms with E-state index in [9.17, 15) is 4.79 Å². The Morgan fingerprint density at radius 2 is 2.14 bits per heavy atom. The molecule has 21 heavy (non-hydrogen) atoms. The van der Waals surface area contributed by atoms with Crippen molar-refractivity contribution in [3.8, 4) is 5.75 Å². The van der Waals surface area contributed by atoms with Gasteiger partial charge >= 0.3 is 0 Å². The van der Waals surface area contributed by atoms with E-state index in [4.69, 9.17) is 4.74 Å². The molecule has 0 amide bonds. The summed E-state index contributed by atoms with van der Waals surface area (Å²) in [6.07, 6.45) is 1.77. The molecular formula is C16H19BrN2O2. The molecule has 1 N–H and O–H groups in total. The first-order chi connectivity index (χ1) is 10.2. The van der Waals surface area contributed by atoms with E-state index in [0.29, 0.717) is 13.2 Å². The van der Waals surface area contributed by atoms with E-state index in [-0.39, 0.29) is 5.56 Å². The average molecular weight is 351 g/mol. The number of aromatic nitrogens is 1. The van der Waals surface area contributed by atoms with E-state index < -0.39 is 0 Å². The molecule has 1 aromatic heterocycles. The molecule has 0 aliphatic carbocycles. The Hall–Kier alpha value is -1.59. The van der Waals surface area contributed by atoms with Crippen LogP contribution in [0.4, 0.5) is 0 Å². The van der Waals surface area contributed by atoms with Crippen molar-refractivity contribution < 1.29 is 4.74 Å². The molecule has 0 aliphatic heterocycles. The summed E-state index contributed by atoms with van der Waals surface area (Å²) in [4.78, 5) is 11.6. The SMILES string of the molecule is CCNCc1cc(OCCn2ccccc2=O)ccc1Br. The lowest BCUT2D eigenvalue weighted by atomic mass is 10.2. The minimum atomic E-state index is -0.00950. The maximum atomic E-state index is 11.6. The van der Waals surface area contributed by atoms with E-state index in [1.54, 1.807) is 22.9 Å². The van der Waals surface area contributed by atoms with Crippen LogP contribution in [-0.4, -0.2) is 17.7 Å². The second-order valence-corrected chi connectivity index (χ2v) is 5.47. The lowest BCUT2D eigenvalue weighted by Crippen LogP contribution is -2.21. The topological polar surface area (TPSA) is 43.3 Å². The number of nitrogens with zero attached hydrogens (tertiary/aromatic N) is 1. The molecule has 4 nitrogen and oxygen atoms in total. The molecule has 0 bridgehead atoms. The van der Waals surface area contributed by atoms with Gasteiger partial charge in [0.05, 0.1) is 6.54 Å². The highest BCUT2D eigenvalue weighted by atomic mass is 79.9. The van der Waals surface area contributed by atoms with Crippen LogP contribution in [0.5, 0.6) is 5.75 Å². The van der Waals surface area contributed by atoms with E-state index >= 15 is 0 Å². The van der Waals surface area contributed by atoms with E-state index in [1.807, 2.05) is 24.3 Å². The largest absolute Gasteiger partial charge is 0.492 e. The standard InChI is InChI=1S/C16H19BrN2O2/c1-2-18-12-13-11-14(6-7-15(13)17)21-10-9-19-8-4-3-5-16(19)20/h3-8,11,18H,2,9-10,12H2,1H3. The fraction of sp³-hybridized carbons (Fsp3) is 0.312. The molecule has 0 aliphatic rings. The first-order valence-corrected chi connectivity index (χ1v) is 7.77. The second-order valence-electron chi connectivity index (χ2n) is 4.61. The van der Waals surface area contributed by atoms with Gasteiger partial charge in [-0.05, 0) is 36.4 Å². The Bertz CT molecular complexity index is 640. The fourth-order valence-electron chi connectivity index (χ4n) is 1.94. The van der Waals surface area contributed by atoms with Crippen molar-refractivity contribution in [2.24, 2.45) is 0 Å². The van der Waals surface area contributed by atoms with Gasteiger partial charge in [0.25, 0.3) is 5.56 Å². The maximum absolute atomic E-state index is 11.6. The molecule has 0 saturated heterocycles. The zero-order chi connectivity index (χ0) is 15.1. The fourth-order valence-corrected chi connectivity index (χ4v) is 2.33. The molecular weight excluding hydrogens is 332 g/mol. The minimum Gasteiger partial charge on any atom is -0.492 e. The number of benzene rings is 1. The summed E-state index contributed by atoms with van der Waals surface area (Å²) in [6.45, 7) is 4.80. The van der Waals surface area contributed by atoms with E-state index in [2.05, 4.69) is 28.2 Å². The van der Waals surface area contributed by atoms with Crippen LogP contribution in [0.25, 0.3) is 0 Å². The molecule has 2 aromatic rings. The third-order valence-electron chi connectivity index (χ3n) is 3.08. The highest BCUT2D eigenvalue weighted by Gasteiger charge is 2.02. The molecule has 5 heteroatoms. The Balaban J connectivity index is 1.94. The van der Waals surface area contributed by atoms with Crippen molar-refractivity contribution in [2.45, 2.75) is 20.0 Å². The van der Waals surface area contributed by atoms with Crippen molar-refractivity contribution in [3.05, 3.63) is 63.0 Å². The smallest absolute Gasteiger partial charge is 0.250 e. The Kier molecular flexibility index (Phi) is 6.02. The van der Waals surface area contributed by atoms with Crippen molar-refractivity contribution in [1.82, 2.24) is 9.88 Å². The molecule has 1 heterocycles. The summed E-state index contributed by atoms with van der Waals surface area (Å²) in [5, 5.41) is 3.29. The highest BCUT2D eigenvalue weighted by Crippen LogP contribution is 2.22. The van der Waals surface area contributed by atoms with Gasteiger partial charge in [0, 0.05) is 23.3 Å². The summed E-state index contributed by atoms with van der Waals surface area (Å²) in [6, 6.07) is 11.1. The molecule has 2 rings (SSSR count). The summed E-state index contributed by atoms with van der Waals surface area (Å²) in [5.41, 5.74) is 1.15. The lowest BCUT2D eigenvalue weighted by molar-refractivity contribution is 0.296. The van der Waals surface area contributed by atoms with Crippen LogP contribution >= 0.6 is 15.9 Å². The van der Waals surface area contributed by atoms with E-state index in [1.165, 1.54) is 0 Å². The van der Waals surface area contributed by atoms with Gasteiger partial charge in [-0.1, -0.05) is 28.9 Å². The van der Waals surface area contributed by atoms with Crippen LogP contribution in [0.3, 0.4) is 0 Å². The molecule has 0 atom stereocenters. The number of ether oxygens (including phenoxy) is 1. The van der Waals surface area contributed by atoms with Gasteiger partial charge < -0.3 is 14.6 Å². The first-order valence-electron chi connectivity index (χ1n) is 6.98. The van der Waals surface area contributed by atoms with Gasteiger partial charge in [-0.2, -0.15) is 0 Å². The third-order valence-corrected chi connectivity index (χ3v) is 3.86. The van der Waals surface area contributed by atoms with Gasteiger partial charge in [-0.25, -0.2) is 0 Å². The highest BCUT2D eigenvalue weighted by molar-refractivity contribution is 9.10. The van der Waals surface area contributed by atoms with Crippen molar-refractivity contribution >= 4 is 15.9 Å². The summed E-state index contributed by atoms with van der Waals surface area (Å²) >= 11 is 3.53. The van der Waals surface area contributed by atoms with Crippen LogP contribution in [-0.2, 0) is 13.1 Å². The number of pyridine rings is 1. The van der Waals surface area contributed by atoms with Crippen LogP contribution < -0.4 is 15.6 Å². The first kappa shape index (κ1) is 15.8. The molecule has 112 valence electrons. The Labute approximate surface area is 132 Å². The monoisotopic (exact) mass is 350 g/mol. The number of halogens is 1. The van der Waals surface area contributed by atoms with Gasteiger partial charge in [-0.15, -0.1) is 0 Å². The second kappa shape index (κ2) is 8.00. The molecule has 0 fully saturated rings. The number of nitrogens with one attached hydrogen (secondary N) is 1. The Morgan fingerprint density at radius 1 is 1.29 bits per heavy atom. The van der Waals surface area contributed by atoms with E-state index in [0.717, 1.165) is 28.9 Å². The van der Waals surface area contributed by atoms with Gasteiger partial charge in [0.1, 0.15) is 12.4 Å². The van der Waals surface area contributed by atoms with Crippen LogP contribution in [0.15, 0.2) is 51.9 Å². The Morgan fingerprint density at radius 3 is 2.90 bits per heavy atom. The zero-order valence-electron chi connectivity index (χ0n) is 12.0. The molecule has 0 unspecified atom stereocenters. The van der Waals surface area contributed by atoms with Gasteiger partial charge in [0.2, 0.25) is 0 Å². The summed E-state index contributed by atoms with van der Waals surface area (Å²) < 4.78 is 8.43. The van der Waals surface area contributed by atoms with Crippen LogP contribution in [0.1, 0.15) is 12.5 Å². The predicted octanol–water partition coefficient (Wildman–Crippen LogP) is 2.80. The number of hydrogen-bond acceptors (Lipinski definition) is 3. The molecule has 1 aromatic carbocycles. The van der Waals surface area contributed by atoms with Gasteiger partial charge in [0.15, 0.2) is 0 Å². The maximum Gasteiger partial charge on any atom is 0.250 e. The van der Waals surface area contributed by atoms with Crippen molar-refractivity contribution in [2.75, 3.05) is 13.2 Å². The molecule has 0 saturated carbocycles. The van der Waals surface area contributed by atoms with Crippen molar-refractivity contribution in [1.29, 1.82) is 0 Å². The van der Waals surface area contributed by atoms with Gasteiger partial charge in [-0.3, -0.25) is 4.79 Å². The number of hydrogen-bond donors (Lipinski definition) is 1. The summed E-state index contributed by atoms with van der Waals surface area (Å²) in [7, 11) is 0. The van der Waals surface area contributed by atoms with Crippen LogP contribution in [0.2, 0.25) is 0 Å². The molecule has 0 spiro atoms. The van der Waals surface area contributed by atoms with Crippen LogP contribution in [0, 0.1) is 0 Å². The quantitative estimate of drug-likeness (QED) is 0.834. The minimum absolute atomic E-state index is 0.00950. The predicted molar refractivity (Wildman–Crippen MR) is 87.7 cm³/mol. The average Bonchev–Trinajstić information content (AvgIpc) is 2.49. The normalized spacial score (nSPS) is 10.6. The van der Waals surface area contributed by atoms with Crippen molar-refractivity contribution in [3.63, 3.8) is 0 Å². The third kappa shape index (κ3) is 4.72. The zero-order valence-corrected chi connectivity index (χ0v) is 13.6.